The molecule has 0 spiro atoms. The summed E-state index contributed by atoms with van der Waals surface area (Å²) in [6, 6.07) is 22.2. The second-order valence-electron chi connectivity index (χ2n) is 6.68. The van der Waals surface area contributed by atoms with E-state index in [1.165, 1.54) is 11.1 Å². The molecule has 132 valence electrons. The average Bonchev–Trinajstić information content (AvgIpc) is 3.20. The van der Waals surface area contributed by atoms with Crippen LogP contribution in [0.15, 0.2) is 72.9 Å². The predicted octanol–water partition coefficient (Wildman–Crippen LogP) is 3.65. The van der Waals surface area contributed by atoms with E-state index in [9.17, 15) is 4.79 Å². The molecule has 0 saturated carbocycles. The topological polar surface area (TPSA) is 58.4 Å². The van der Waals surface area contributed by atoms with Crippen molar-refractivity contribution in [2.45, 2.75) is 13.0 Å². The molecule has 0 radical (unpaired) electrons. The SMILES string of the molecule is Cc1nc2ccccn2c1C(=O)NNC1c2ccccc2-c2ccccc21. The standard InChI is InChI=1S/C22H18N4O/c1-14-21(26-13-7-6-12-19(26)23-14)22(27)25-24-20-17-10-4-2-8-15(17)16-9-3-5-11-18(16)20/h2-13,20,24H,1H3,(H,25,27). The van der Waals surface area contributed by atoms with Gasteiger partial charge in [0.05, 0.1) is 11.7 Å². The molecule has 4 aromatic rings. The van der Waals surface area contributed by atoms with Gasteiger partial charge in [-0.1, -0.05) is 54.6 Å². The van der Waals surface area contributed by atoms with Gasteiger partial charge < -0.3 is 0 Å². The van der Waals surface area contributed by atoms with Crippen LogP contribution in [0.5, 0.6) is 0 Å². The minimum Gasteiger partial charge on any atom is -0.295 e. The highest BCUT2D eigenvalue weighted by Gasteiger charge is 2.28. The molecule has 0 fully saturated rings. The van der Waals surface area contributed by atoms with Crippen LogP contribution in [-0.4, -0.2) is 15.3 Å². The van der Waals surface area contributed by atoms with Crippen molar-refractivity contribution in [3.8, 4) is 11.1 Å². The van der Waals surface area contributed by atoms with Crippen molar-refractivity contribution in [3.63, 3.8) is 0 Å². The second-order valence-corrected chi connectivity index (χ2v) is 6.68. The van der Waals surface area contributed by atoms with E-state index < -0.39 is 0 Å². The van der Waals surface area contributed by atoms with Gasteiger partial charge in [-0.15, -0.1) is 0 Å². The molecule has 2 N–H and O–H groups in total. The Bertz CT molecular complexity index is 1130. The van der Waals surface area contributed by atoms with E-state index in [4.69, 9.17) is 0 Å². The van der Waals surface area contributed by atoms with Gasteiger partial charge in [0, 0.05) is 6.20 Å². The summed E-state index contributed by atoms with van der Waals surface area (Å²) in [6.07, 6.45) is 1.85. The first kappa shape index (κ1) is 15.8. The van der Waals surface area contributed by atoms with Gasteiger partial charge in [0.2, 0.25) is 0 Å². The number of imidazole rings is 1. The van der Waals surface area contributed by atoms with Crippen molar-refractivity contribution >= 4 is 11.6 Å². The second kappa shape index (κ2) is 6.07. The summed E-state index contributed by atoms with van der Waals surface area (Å²) in [7, 11) is 0. The Labute approximate surface area is 156 Å². The van der Waals surface area contributed by atoms with Crippen LogP contribution in [-0.2, 0) is 0 Å². The number of nitrogens with zero attached hydrogens (tertiary/aromatic N) is 2. The van der Waals surface area contributed by atoms with E-state index in [1.807, 2.05) is 60.0 Å². The third-order valence-corrected chi connectivity index (χ3v) is 5.08. The van der Waals surface area contributed by atoms with Crippen LogP contribution >= 0.6 is 0 Å². The molecule has 2 aromatic heterocycles. The quantitative estimate of drug-likeness (QED) is 0.552. The number of benzene rings is 2. The maximum Gasteiger partial charge on any atom is 0.284 e. The third kappa shape index (κ3) is 2.44. The number of fused-ring (bicyclic) bond motifs is 4. The van der Waals surface area contributed by atoms with Crippen LogP contribution in [0.2, 0.25) is 0 Å². The van der Waals surface area contributed by atoms with E-state index >= 15 is 0 Å². The molecule has 27 heavy (non-hydrogen) atoms. The summed E-state index contributed by atoms with van der Waals surface area (Å²) < 4.78 is 1.81. The Kier molecular flexibility index (Phi) is 3.55. The van der Waals surface area contributed by atoms with Crippen molar-refractivity contribution < 1.29 is 4.79 Å². The number of hydrogen-bond donors (Lipinski definition) is 2. The predicted molar refractivity (Wildman–Crippen MR) is 104 cm³/mol. The van der Waals surface area contributed by atoms with Crippen molar-refractivity contribution in [2.75, 3.05) is 0 Å². The molecule has 1 amide bonds. The number of hydrogen-bond acceptors (Lipinski definition) is 3. The summed E-state index contributed by atoms with van der Waals surface area (Å²) in [5, 5.41) is 0. The number of pyridine rings is 1. The lowest BCUT2D eigenvalue weighted by Gasteiger charge is -2.16. The lowest BCUT2D eigenvalue weighted by atomic mass is 10.1. The summed E-state index contributed by atoms with van der Waals surface area (Å²) in [5.41, 5.74) is 12.8. The number of hydrazine groups is 1. The molecule has 0 unspecified atom stereocenters. The van der Waals surface area contributed by atoms with Gasteiger partial charge >= 0.3 is 0 Å². The number of rotatable bonds is 3. The maximum atomic E-state index is 12.9. The monoisotopic (exact) mass is 354 g/mol. The first-order valence-electron chi connectivity index (χ1n) is 8.92. The molecule has 0 bridgehead atoms. The van der Waals surface area contributed by atoms with E-state index in [2.05, 4.69) is 40.1 Å². The number of amides is 1. The molecule has 0 aliphatic heterocycles. The summed E-state index contributed by atoms with van der Waals surface area (Å²) in [5.74, 6) is -0.201. The highest BCUT2D eigenvalue weighted by Crippen LogP contribution is 2.42. The van der Waals surface area contributed by atoms with Crippen molar-refractivity contribution in [1.29, 1.82) is 0 Å². The summed E-state index contributed by atoms with van der Waals surface area (Å²) in [6.45, 7) is 1.85. The highest BCUT2D eigenvalue weighted by molar-refractivity contribution is 5.94. The number of carbonyl (C=O) groups excluding carboxylic acids is 1. The maximum absolute atomic E-state index is 12.9. The zero-order valence-electron chi connectivity index (χ0n) is 14.8. The number of aromatic nitrogens is 2. The van der Waals surface area contributed by atoms with Crippen LogP contribution in [0.1, 0.15) is 33.4 Å². The van der Waals surface area contributed by atoms with Gasteiger partial charge in [0.15, 0.2) is 0 Å². The summed E-state index contributed by atoms with van der Waals surface area (Å²) >= 11 is 0. The number of nitrogens with one attached hydrogen (secondary N) is 2. The Morgan fingerprint density at radius 3 is 2.26 bits per heavy atom. The lowest BCUT2D eigenvalue weighted by Crippen LogP contribution is -2.40. The van der Waals surface area contributed by atoms with E-state index in [-0.39, 0.29) is 11.9 Å². The molecule has 0 saturated heterocycles. The minimum absolute atomic E-state index is 0.0826. The van der Waals surface area contributed by atoms with E-state index in [0.29, 0.717) is 11.4 Å². The van der Waals surface area contributed by atoms with Gasteiger partial charge in [-0.3, -0.25) is 14.6 Å². The van der Waals surface area contributed by atoms with E-state index in [0.717, 1.165) is 16.8 Å². The Morgan fingerprint density at radius 2 is 1.56 bits per heavy atom. The molecule has 2 heterocycles. The average molecular weight is 354 g/mol. The number of aryl methyl sites for hydroxylation is 1. The van der Waals surface area contributed by atoms with Gasteiger partial charge in [-0.2, -0.15) is 0 Å². The molecular weight excluding hydrogens is 336 g/mol. The Hall–Kier alpha value is -3.44. The van der Waals surface area contributed by atoms with Gasteiger partial charge in [-0.25, -0.2) is 10.4 Å². The molecule has 5 nitrogen and oxygen atoms in total. The lowest BCUT2D eigenvalue weighted by molar-refractivity contribution is 0.0922. The number of carbonyl (C=O) groups is 1. The van der Waals surface area contributed by atoms with Crippen molar-refractivity contribution in [3.05, 3.63) is 95.4 Å². The van der Waals surface area contributed by atoms with Crippen LogP contribution in [0.4, 0.5) is 0 Å². The van der Waals surface area contributed by atoms with Crippen LogP contribution in [0.3, 0.4) is 0 Å². The fourth-order valence-electron chi connectivity index (χ4n) is 3.90. The smallest absolute Gasteiger partial charge is 0.284 e. The fourth-order valence-corrected chi connectivity index (χ4v) is 3.90. The molecule has 2 aromatic carbocycles. The van der Waals surface area contributed by atoms with Crippen LogP contribution in [0, 0.1) is 6.92 Å². The molecule has 5 heteroatoms. The first-order valence-corrected chi connectivity index (χ1v) is 8.92. The van der Waals surface area contributed by atoms with Gasteiger partial charge in [0.1, 0.15) is 11.3 Å². The molecule has 1 aliphatic carbocycles. The van der Waals surface area contributed by atoms with Gasteiger partial charge in [0.25, 0.3) is 5.91 Å². The van der Waals surface area contributed by atoms with Crippen LogP contribution in [0.25, 0.3) is 16.8 Å². The third-order valence-electron chi connectivity index (χ3n) is 5.08. The van der Waals surface area contributed by atoms with Crippen LogP contribution < -0.4 is 10.9 Å². The largest absolute Gasteiger partial charge is 0.295 e. The molecule has 0 atom stereocenters. The zero-order valence-corrected chi connectivity index (χ0v) is 14.8. The van der Waals surface area contributed by atoms with Crippen molar-refractivity contribution in [1.82, 2.24) is 20.2 Å². The fraction of sp³-hybridized carbons (Fsp3) is 0.0909. The summed E-state index contributed by atoms with van der Waals surface area (Å²) in [4.78, 5) is 17.3. The molecule has 1 aliphatic rings. The normalized spacial score (nSPS) is 12.8. The molecular formula is C22H18N4O. The zero-order chi connectivity index (χ0) is 18.4. The Morgan fingerprint density at radius 1 is 0.926 bits per heavy atom. The highest BCUT2D eigenvalue weighted by atomic mass is 16.2. The molecule has 5 rings (SSSR count). The Balaban J connectivity index is 1.46. The minimum atomic E-state index is -0.201. The van der Waals surface area contributed by atoms with Crippen molar-refractivity contribution in [2.24, 2.45) is 0 Å². The van der Waals surface area contributed by atoms with E-state index in [1.54, 1.807) is 0 Å². The van der Waals surface area contributed by atoms with Gasteiger partial charge in [-0.05, 0) is 41.3 Å². The first-order chi connectivity index (χ1) is 13.2.